The molecule has 0 unspecified atom stereocenters. The number of ether oxygens (including phenoxy) is 1. The number of phenols is 1. The van der Waals surface area contributed by atoms with Crippen LogP contribution < -0.4 is 4.74 Å². The lowest BCUT2D eigenvalue weighted by molar-refractivity contribution is -0.196. The van der Waals surface area contributed by atoms with E-state index in [1.165, 1.54) is 6.07 Å². The number of carbonyl (C=O) groups is 1. The maximum absolute atomic E-state index is 14.6. The number of rotatable bonds is 3. The van der Waals surface area contributed by atoms with E-state index < -0.39 is 33.1 Å². The number of likely N-dealkylation sites (tertiary alicyclic amines) is 1. The number of hydrogen-bond acceptors (Lipinski definition) is 7. The Kier molecular flexibility index (Phi) is 5.89. The Balaban J connectivity index is 0.000000510. The molecule has 3 heterocycles. The topological polar surface area (TPSA) is 128 Å². The molecule has 3 aliphatic heterocycles. The smallest absolute Gasteiger partial charge is 0.261 e. The highest BCUT2D eigenvalue weighted by Gasteiger charge is 2.73. The summed E-state index contributed by atoms with van der Waals surface area (Å²) >= 11 is 0. The van der Waals surface area contributed by atoms with Gasteiger partial charge in [-0.15, -0.1) is 6.58 Å². The van der Waals surface area contributed by atoms with Gasteiger partial charge < -0.3 is 19.8 Å². The molecule has 11 heteroatoms. The van der Waals surface area contributed by atoms with Crippen molar-refractivity contribution in [2.75, 3.05) is 19.3 Å². The number of piperidine rings is 1. The number of halogens is 1. The van der Waals surface area contributed by atoms with Crippen molar-refractivity contribution in [2.24, 2.45) is 0 Å². The van der Waals surface area contributed by atoms with Crippen LogP contribution in [0.4, 0.5) is 4.39 Å². The zero-order chi connectivity index (χ0) is 27.9. The third-order valence-electron chi connectivity index (χ3n) is 9.22. The predicted octanol–water partition coefficient (Wildman–Crippen LogP) is 2.40. The summed E-state index contributed by atoms with van der Waals surface area (Å²) in [5.74, 6) is -0.307. The van der Waals surface area contributed by atoms with Crippen molar-refractivity contribution < 1.29 is 37.1 Å². The highest BCUT2D eigenvalue weighted by molar-refractivity contribution is 7.85. The van der Waals surface area contributed by atoms with Crippen LogP contribution in [0.2, 0.25) is 0 Å². The summed E-state index contributed by atoms with van der Waals surface area (Å²) in [7, 11) is -3.67. The highest BCUT2D eigenvalue weighted by atomic mass is 32.2. The van der Waals surface area contributed by atoms with Crippen molar-refractivity contribution in [1.82, 2.24) is 9.80 Å². The zero-order valence-corrected chi connectivity index (χ0v) is 22.3. The molecule has 2 aromatic carbocycles. The Morgan fingerprint density at radius 3 is 2.67 bits per heavy atom. The van der Waals surface area contributed by atoms with Crippen LogP contribution in [0.15, 0.2) is 43.0 Å². The first-order chi connectivity index (χ1) is 18.4. The average molecular weight is 559 g/mol. The van der Waals surface area contributed by atoms with Crippen LogP contribution in [0, 0.1) is 5.82 Å². The van der Waals surface area contributed by atoms with Crippen LogP contribution in [-0.4, -0.2) is 82.0 Å². The first-order valence-electron chi connectivity index (χ1n) is 13.0. The van der Waals surface area contributed by atoms with E-state index in [2.05, 4.69) is 11.5 Å². The Hall–Kier alpha value is -2.99. The van der Waals surface area contributed by atoms with Crippen LogP contribution in [0.3, 0.4) is 0 Å². The van der Waals surface area contributed by atoms with E-state index in [1.54, 1.807) is 23.1 Å². The summed E-state index contributed by atoms with van der Waals surface area (Å²) in [5, 5.41) is 23.2. The fourth-order valence-electron chi connectivity index (χ4n) is 7.92. The van der Waals surface area contributed by atoms with E-state index in [-0.39, 0.29) is 29.3 Å². The lowest BCUT2D eigenvalue weighted by atomic mass is 9.48. The SMILES string of the molecule is C=CCN1CC[C@]23c4c5ccc(O)c4O[C@H]2[C@H](N2Cc4cccc(F)c4C2=O)CC[C@@]3(O)[C@H]1C5.CS(=O)(=O)O. The van der Waals surface area contributed by atoms with Gasteiger partial charge in [0.15, 0.2) is 11.5 Å². The van der Waals surface area contributed by atoms with Crippen LogP contribution in [-0.2, 0) is 28.5 Å². The molecule has 1 saturated carbocycles. The van der Waals surface area contributed by atoms with Gasteiger partial charge in [0, 0.05) is 24.7 Å². The number of phenolic OH excluding ortho intramolecular Hbond substituents is 1. The van der Waals surface area contributed by atoms with Gasteiger partial charge in [-0.25, -0.2) is 4.39 Å². The summed E-state index contributed by atoms with van der Waals surface area (Å²) in [6, 6.07) is 7.94. The molecule has 0 aromatic heterocycles. The summed E-state index contributed by atoms with van der Waals surface area (Å²) in [6.45, 7) is 5.69. The molecule has 1 saturated heterocycles. The van der Waals surface area contributed by atoms with E-state index in [4.69, 9.17) is 9.29 Å². The summed E-state index contributed by atoms with van der Waals surface area (Å²) in [6.07, 6.45) is 4.47. The molecule has 2 fully saturated rings. The van der Waals surface area contributed by atoms with Crippen molar-refractivity contribution in [2.45, 2.75) is 61.4 Å². The minimum atomic E-state index is -3.67. The number of amides is 1. The van der Waals surface area contributed by atoms with E-state index in [1.807, 2.05) is 12.1 Å². The molecule has 5 aliphatic rings. The van der Waals surface area contributed by atoms with Gasteiger partial charge >= 0.3 is 0 Å². The van der Waals surface area contributed by atoms with E-state index >= 15 is 0 Å². The Bertz CT molecular complexity index is 1490. The largest absolute Gasteiger partial charge is 0.504 e. The molecule has 0 radical (unpaired) electrons. The van der Waals surface area contributed by atoms with E-state index in [0.717, 1.165) is 17.7 Å². The van der Waals surface area contributed by atoms with Crippen molar-refractivity contribution in [3.63, 3.8) is 0 Å². The lowest BCUT2D eigenvalue weighted by Crippen LogP contribution is -2.78. The number of aliphatic hydroxyl groups is 1. The van der Waals surface area contributed by atoms with Crippen molar-refractivity contribution >= 4 is 16.0 Å². The molecular weight excluding hydrogens is 527 g/mol. The number of carbonyl (C=O) groups excluding carboxylic acids is 1. The average Bonchev–Trinajstić information content (AvgIpc) is 3.38. The van der Waals surface area contributed by atoms with E-state index in [9.17, 15) is 27.8 Å². The molecule has 7 rings (SSSR count). The number of hydrogen-bond donors (Lipinski definition) is 3. The minimum Gasteiger partial charge on any atom is -0.504 e. The van der Waals surface area contributed by atoms with Crippen LogP contribution in [0.1, 0.15) is 46.3 Å². The van der Waals surface area contributed by atoms with Gasteiger partial charge in [0.1, 0.15) is 11.9 Å². The van der Waals surface area contributed by atoms with Gasteiger partial charge in [-0.05, 0) is 55.5 Å². The van der Waals surface area contributed by atoms with Gasteiger partial charge in [-0.3, -0.25) is 14.2 Å². The molecule has 208 valence electrons. The van der Waals surface area contributed by atoms with Crippen LogP contribution >= 0.6 is 0 Å². The molecule has 1 amide bonds. The van der Waals surface area contributed by atoms with Gasteiger partial charge in [0.2, 0.25) is 0 Å². The number of nitrogens with zero attached hydrogens (tertiary/aromatic N) is 2. The minimum absolute atomic E-state index is 0.0673. The number of aromatic hydroxyl groups is 1. The number of benzene rings is 2. The third-order valence-corrected chi connectivity index (χ3v) is 9.22. The maximum Gasteiger partial charge on any atom is 0.261 e. The van der Waals surface area contributed by atoms with Gasteiger partial charge in [0.25, 0.3) is 16.0 Å². The summed E-state index contributed by atoms with van der Waals surface area (Å²) in [4.78, 5) is 17.4. The molecule has 2 bridgehead atoms. The second-order valence-corrected chi connectivity index (χ2v) is 12.6. The maximum atomic E-state index is 14.6. The number of fused-ring (bicyclic) bond motifs is 1. The fraction of sp³-hybridized carbons (Fsp3) is 0.464. The molecule has 9 nitrogen and oxygen atoms in total. The quantitative estimate of drug-likeness (QED) is 0.387. The molecule has 2 aromatic rings. The highest BCUT2D eigenvalue weighted by Crippen LogP contribution is 2.66. The fourth-order valence-corrected chi connectivity index (χ4v) is 7.92. The normalized spacial score (nSPS) is 32.1. The molecule has 1 spiro atoms. The molecular formula is C28H31FN2O7S. The van der Waals surface area contributed by atoms with Gasteiger partial charge in [-0.2, -0.15) is 8.42 Å². The standard InChI is InChI=1S/C27H27FN2O4.CH4O3S/c1-2-11-29-12-10-26-22-15-6-7-19(31)23(22)34-24(26)18(8-9-27(26,33)20(29)13-15)30-14-16-4-3-5-17(28)21(16)25(30)32;1-5(2,3)4/h2-7,18,20,24,31,33H,1,8-14H2;1H3,(H,2,3,4)/t18-,20-,24+,26+,27-;/m1./s1. The Morgan fingerprint density at radius 1 is 1.23 bits per heavy atom. The second-order valence-electron chi connectivity index (χ2n) is 11.2. The molecule has 2 aliphatic carbocycles. The molecule has 39 heavy (non-hydrogen) atoms. The van der Waals surface area contributed by atoms with Crippen LogP contribution in [0.5, 0.6) is 11.5 Å². The first-order valence-corrected chi connectivity index (χ1v) is 14.9. The monoisotopic (exact) mass is 558 g/mol. The van der Waals surface area contributed by atoms with Crippen molar-refractivity contribution in [1.29, 1.82) is 0 Å². The van der Waals surface area contributed by atoms with Crippen molar-refractivity contribution in [3.8, 4) is 11.5 Å². The first kappa shape index (κ1) is 26.2. The Morgan fingerprint density at radius 2 is 1.97 bits per heavy atom. The predicted molar refractivity (Wildman–Crippen MR) is 140 cm³/mol. The summed E-state index contributed by atoms with van der Waals surface area (Å²) < 4.78 is 47.0. The van der Waals surface area contributed by atoms with E-state index in [0.29, 0.717) is 56.3 Å². The zero-order valence-electron chi connectivity index (χ0n) is 21.5. The Labute approximate surface area is 226 Å². The molecule has 3 N–H and O–H groups in total. The lowest BCUT2D eigenvalue weighted by Gasteiger charge is -2.64. The van der Waals surface area contributed by atoms with Crippen LogP contribution in [0.25, 0.3) is 0 Å². The van der Waals surface area contributed by atoms with Gasteiger partial charge in [-0.1, -0.05) is 24.3 Å². The van der Waals surface area contributed by atoms with Crippen molar-refractivity contribution in [3.05, 3.63) is 71.1 Å². The third kappa shape index (κ3) is 3.67. The molecule has 5 atom stereocenters. The summed E-state index contributed by atoms with van der Waals surface area (Å²) in [5.41, 5.74) is 1.04. The van der Waals surface area contributed by atoms with Gasteiger partial charge in [0.05, 0.1) is 28.9 Å². The second kappa shape index (κ2) is 8.76.